The Hall–Kier alpha value is -1.58. The van der Waals surface area contributed by atoms with Gasteiger partial charge in [-0.2, -0.15) is 0 Å². The third-order valence-corrected chi connectivity index (χ3v) is 2.15. The summed E-state index contributed by atoms with van der Waals surface area (Å²) in [4.78, 5) is 17.1. The second kappa shape index (κ2) is 2.73. The van der Waals surface area contributed by atoms with Crippen molar-refractivity contribution in [3.63, 3.8) is 0 Å². The van der Waals surface area contributed by atoms with Crippen LogP contribution in [0.3, 0.4) is 0 Å². The lowest BCUT2D eigenvalue weighted by Crippen LogP contribution is -2.37. The van der Waals surface area contributed by atoms with Gasteiger partial charge in [0.2, 0.25) is 5.91 Å². The molecule has 4 nitrogen and oxygen atoms in total. The predicted octanol–water partition coefficient (Wildman–Crippen LogP) is 0.778. The molecule has 2 heterocycles. The molecule has 0 bridgehead atoms. The van der Waals surface area contributed by atoms with Gasteiger partial charge in [0.25, 0.3) is 0 Å². The monoisotopic (exact) mass is 177 g/mol. The first-order valence-electron chi connectivity index (χ1n) is 4.15. The molecule has 1 aliphatic heterocycles. The summed E-state index contributed by atoms with van der Waals surface area (Å²) < 4.78 is 0. The molecular formula is C9H11N3O. The Labute approximate surface area is 76.6 Å². The Morgan fingerprint density at radius 3 is 3.15 bits per heavy atom. The van der Waals surface area contributed by atoms with Crippen LogP contribution in [0.25, 0.3) is 0 Å². The smallest absolute Gasteiger partial charge is 0.246 e. The molecule has 0 spiro atoms. The van der Waals surface area contributed by atoms with Crippen molar-refractivity contribution < 1.29 is 4.79 Å². The summed E-state index contributed by atoms with van der Waals surface area (Å²) >= 11 is 0. The molecule has 4 heteroatoms. The minimum absolute atomic E-state index is 0.0694. The first-order chi connectivity index (χ1) is 6.18. The van der Waals surface area contributed by atoms with Gasteiger partial charge in [-0.15, -0.1) is 0 Å². The van der Waals surface area contributed by atoms with Crippen molar-refractivity contribution in [3.8, 4) is 0 Å². The van der Waals surface area contributed by atoms with E-state index in [0.29, 0.717) is 6.54 Å². The van der Waals surface area contributed by atoms with E-state index >= 15 is 0 Å². The predicted molar refractivity (Wildman–Crippen MR) is 50.9 cm³/mol. The van der Waals surface area contributed by atoms with Crippen molar-refractivity contribution in [3.05, 3.63) is 17.8 Å². The number of anilines is 2. The highest BCUT2D eigenvalue weighted by molar-refractivity contribution is 6.01. The summed E-state index contributed by atoms with van der Waals surface area (Å²) in [6.07, 6.45) is 1.79. The van der Waals surface area contributed by atoms with E-state index in [4.69, 9.17) is 0 Å². The third-order valence-electron chi connectivity index (χ3n) is 2.15. The molecule has 0 saturated heterocycles. The fourth-order valence-corrected chi connectivity index (χ4v) is 1.36. The van der Waals surface area contributed by atoms with Crippen molar-refractivity contribution in [2.24, 2.45) is 0 Å². The lowest BCUT2D eigenvalue weighted by molar-refractivity contribution is -0.116. The first-order valence-corrected chi connectivity index (χ1v) is 4.15. The number of nitrogens with zero attached hydrogens (tertiary/aromatic N) is 2. The van der Waals surface area contributed by atoms with E-state index < -0.39 is 0 Å². The van der Waals surface area contributed by atoms with Crippen LogP contribution in [-0.4, -0.2) is 24.5 Å². The first kappa shape index (κ1) is 8.04. The number of carbonyl (C=O) groups is 1. The van der Waals surface area contributed by atoms with E-state index in [1.165, 1.54) is 0 Å². The maximum atomic E-state index is 11.3. The van der Waals surface area contributed by atoms with E-state index in [1.807, 2.05) is 13.0 Å². The van der Waals surface area contributed by atoms with Gasteiger partial charge in [0.05, 0.1) is 12.2 Å². The summed E-state index contributed by atoms with van der Waals surface area (Å²) in [5.74, 6) is 0.854. The molecule has 1 N–H and O–H groups in total. The summed E-state index contributed by atoms with van der Waals surface area (Å²) in [7, 11) is 1.77. The highest BCUT2D eigenvalue weighted by Crippen LogP contribution is 2.26. The average Bonchev–Trinajstić information content (AvgIpc) is 2.12. The van der Waals surface area contributed by atoms with Crippen molar-refractivity contribution in [2.45, 2.75) is 6.92 Å². The van der Waals surface area contributed by atoms with Crippen molar-refractivity contribution >= 4 is 17.4 Å². The second-order valence-electron chi connectivity index (χ2n) is 3.19. The lowest BCUT2D eigenvalue weighted by Gasteiger charge is -2.25. The molecule has 0 radical (unpaired) electrons. The van der Waals surface area contributed by atoms with E-state index in [2.05, 4.69) is 10.3 Å². The van der Waals surface area contributed by atoms with E-state index in [0.717, 1.165) is 17.1 Å². The van der Waals surface area contributed by atoms with E-state index in [9.17, 15) is 4.79 Å². The highest BCUT2D eigenvalue weighted by Gasteiger charge is 2.20. The third kappa shape index (κ3) is 1.24. The largest absolute Gasteiger partial charge is 0.359 e. The van der Waals surface area contributed by atoms with Crippen LogP contribution in [0.15, 0.2) is 12.3 Å². The van der Waals surface area contributed by atoms with Gasteiger partial charge in [-0.05, 0) is 18.6 Å². The van der Waals surface area contributed by atoms with Gasteiger partial charge in [-0.25, -0.2) is 4.98 Å². The van der Waals surface area contributed by atoms with Crippen LogP contribution < -0.4 is 10.2 Å². The summed E-state index contributed by atoms with van der Waals surface area (Å²) in [5.41, 5.74) is 1.92. The van der Waals surface area contributed by atoms with Crippen LogP contribution in [0.4, 0.5) is 11.5 Å². The van der Waals surface area contributed by atoms with Gasteiger partial charge in [-0.3, -0.25) is 4.79 Å². The fraction of sp³-hybridized carbons (Fsp3) is 0.333. The second-order valence-corrected chi connectivity index (χ2v) is 3.19. The van der Waals surface area contributed by atoms with Crippen molar-refractivity contribution in [1.29, 1.82) is 0 Å². The van der Waals surface area contributed by atoms with Gasteiger partial charge in [0.15, 0.2) is 0 Å². The number of hydrogen-bond donors (Lipinski definition) is 1. The zero-order chi connectivity index (χ0) is 9.42. The van der Waals surface area contributed by atoms with Gasteiger partial charge >= 0.3 is 0 Å². The number of aryl methyl sites for hydroxylation is 1. The molecule has 0 aliphatic carbocycles. The number of hydrogen-bond acceptors (Lipinski definition) is 3. The van der Waals surface area contributed by atoms with E-state index in [1.54, 1.807) is 18.1 Å². The molecular weight excluding hydrogens is 166 g/mol. The fourth-order valence-electron chi connectivity index (χ4n) is 1.36. The number of fused-ring (bicyclic) bond motifs is 1. The molecule has 2 rings (SSSR count). The number of amides is 1. The molecule has 1 amide bonds. The summed E-state index contributed by atoms with van der Waals surface area (Å²) in [6, 6.07) is 1.95. The Bertz CT molecular complexity index is 362. The van der Waals surface area contributed by atoms with Gasteiger partial charge < -0.3 is 10.2 Å². The lowest BCUT2D eigenvalue weighted by atomic mass is 10.2. The Kier molecular flexibility index (Phi) is 1.69. The van der Waals surface area contributed by atoms with E-state index in [-0.39, 0.29) is 5.91 Å². The number of rotatable bonds is 0. The van der Waals surface area contributed by atoms with Crippen molar-refractivity contribution in [1.82, 2.24) is 4.98 Å². The van der Waals surface area contributed by atoms with Crippen LogP contribution in [0.2, 0.25) is 0 Å². The van der Waals surface area contributed by atoms with Crippen LogP contribution in [0.5, 0.6) is 0 Å². The topological polar surface area (TPSA) is 45.2 Å². The summed E-state index contributed by atoms with van der Waals surface area (Å²) in [5, 5.41) is 2.97. The summed E-state index contributed by atoms with van der Waals surface area (Å²) in [6.45, 7) is 2.29. The Balaban J connectivity index is 2.51. The molecule has 1 aromatic heterocycles. The zero-order valence-corrected chi connectivity index (χ0v) is 7.66. The van der Waals surface area contributed by atoms with Gasteiger partial charge in [-0.1, -0.05) is 0 Å². The molecule has 0 fully saturated rings. The minimum atomic E-state index is 0.0694. The number of likely N-dealkylation sites (N-methyl/N-ethyl adjacent to an activating group) is 1. The van der Waals surface area contributed by atoms with Crippen molar-refractivity contribution in [2.75, 3.05) is 23.8 Å². The molecule has 0 saturated carbocycles. The SMILES string of the molecule is Cc1cnc2c(c1)N(C)C(=O)CN2. The molecule has 0 unspecified atom stereocenters. The molecule has 68 valence electrons. The van der Waals surface area contributed by atoms with Gasteiger partial charge in [0.1, 0.15) is 5.82 Å². The van der Waals surface area contributed by atoms with Gasteiger partial charge in [0, 0.05) is 13.2 Å². The quantitative estimate of drug-likeness (QED) is 0.637. The standard InChI is InChI=1S/C9H11N3O/c1-6-3-7-9(10-4-6)11-5-8(13)12(7)2/h3-4H,5H2,1-2H3,(H,10,11). The maximum Gasteiger partial charge on any atom is 0.246 e. The molecule has 0 atom stereocenters. The molecule has 1 aromatic rings. The maximum absolute atomic E-state index is 11.3. The Morgan fingerprint density at radius 2 is 2.38 bits per heavy atom. The van der Waals surface area contributed by atoms with Crippen LogP contribution in [-0.2, 0) is 4.79 Å². The van der Waals surface area contributed by atoms with Crippen LogP contribution >= 0.6 is 0 Å². The minimum Gasteiger partial charge on any atom is -0.359 e. The number of nitrogens with one attached hydrogen (secondary N) is 1. The highest BCUT2D eigenvalue weighted by atomic mass is 16.2. The average molecular weight is 177 g/mol. The van der Waals surface area contributed by atoms with Crippen LogP contribution in [0, 0.1) is 6.92 Å². The molecule has 1 aliphatic rings. The zero-order valence-electron chi connectivity index (χ0n) is 7.66. The molecule has 13 heavy (non-hydrogen) atoms. The number of pyridine rings is 1. The van der Waals surface area contributed by atoms with Crippen LogP contribution in [0.1, 0.15) is 5.56 Å². The normalized spacial score (nSPS) is 15.2. The number of aromatic nitrogens is 1. The number of carbonyl (C=O) groups excluding carboxylic acids is 1. The molecule has 0 aromatic carbocycles. The Morgan fingerprint density at radius 1 is 1.62 bits per heavy atom.